The van der Waals surface area contributed by atoms with Crippen LogP contribution in [0.5, 0.6) is 0 Å². The monoisotopic (exact) mass is 588 g/mol. The van der Waals surface area contributed by atoms with Crippen LogP contribution in [-0.4, -0.2) is 29.2 Å². The average molecular weight is 591 g/mol. The van der Waals surface area contributed by atoms with Gasteiger partial charge in [0.05, 0.1) is 16.9 Å². The van der Waals surface area contributed by atoms with Crippen LogP contribution in [0.2, 0.25) is 5.02 Å². The van der Waals surface area contributed by atoms with Gasteiger partial charge in [0, 0.05) is 10.2 Å². The molecule has 0 aromatic heterocycles. The largest absolute Gasteiger partial charge is 0.324 e. The van der Waals surface area contributed by atoms with Crippen LogP contribution in [0.15, 0.2) is 71.2 Å². The highest BCUT2D eigenvalue weighted by Crippen LogP contribution is 2.69. The molecule has 2 bridgehead atoms. The van der Waals surface area contributed by atoms with Gasteiger partial charge in [-0.05, 0) is 56.4 Å². The number of halogens is 4. The predicted molar refractivity (Wildman–Crippen MR) is 138 cm³/mol. The quantitative estimate of drug-likeness (QED) is 0.318. The van der Waals surface area contributed by atoms with Gasteiger partial charge in [-0.2, -0.15) is 0 Å². The SMILES string of the molecule is O=C(CN1C(=O)[C@@H]2[C@@H](C1=O)C1(Cl)c3ccccc3C2(Cl)c2ccccc21)Nc1ccc(Br)c(Cl)c1. The van der Waals surface area contributed by atoms with E-state index in [0.29, 0.717) is 37.4 Å². The lowest BCUT2D eigenvalue weighted by Crippen LogP contribution is -2.57. The summed E-state index contributed by atoms with van der Waals surface area (Å²) in [5.41, 5.74) is 3.31. The van der Waals surface area contributed by atoms with E-state index in [1.54, 1.807) is 18.2 Å². The summed E-state index contributed by atoms with van der Waals surface area (Å²) in [4.78, 5) is 38.8. The number of imide groups is 1. The standard InChI is InChI=1S/C26H16BrCl3N2O3/c27-18-10-9-13(11-19(18)28)31-20(33)12-32-23(34)21-22(24(32)35)26(30)15-6-2-1-5-14(15)25(21,29)16-7-3-4-8-17(16)26/h1-11,21-22H,12H2,(H,31,33)/t21-,22-,25?,26?/m0/s1. The van der Waals surface area contributed by atoms with Crippen molar-refractivity contribution in [2.45, 2.75) is 9.75 Å². The number of rotatable bonds is 3. The Hall–Kier alpha value is -2.38. The highest BCUT2D eigenvalue weighted by Gasteiger charge is 2.73. The third-order valence-electron chi connectivity index (χ3n) is 7.18. The van der Waals surface area contributed by atoms with Crippen LogP contribution in [0.1, 0.15) is 22.3 Å². The Morgan fingerprint density at radius 2 is 1.31 bits per heavy atom. The second kappa shape index (κ2) is 7.81. The molecule has 1 N–H and O–H groups in total. The Bertz CT molecular complexity index is 1340. The topological polar surface area (TPSA) is 66.5 Å². The van der Waals surface area contributed by atoms with Crippen molar-refractivity contribution < 1.29 is 14.4 Å². The van der Waals surface area contributed by atoms with Crippen LogP contribution in [-0.2, 0) is 24.1 Å². The molecule has 3 aromatic rings. The number of benzene rings is 3. The molecule has 5 nitrogen and oxygen atoms in total. The maximum atomic E-state index is 13.7. The third kappa shape index (κ3) is 2.97. The van der Waals surface area contributed by atoms with E-state index in [9.17, 15) is 14.4 Å². The van der Waals surface area contributed by atoms with Crippen LogP contribution in [0.25, 0.3) is 0 Å². The molecule has 9 heteroatoms. The van der Waals surface area contributed by atoms with Crippen molar-refractivity contribution in [3.63, 3.8) is 0 Å². The zero-order valence-electron chi connectivity index (χ0n) is 17.9. The average Bonchev–Trinajstić information content (AvgIpc) is 3.10. The molecule has 176 valence electrons. The lowest BCUT2D eigenvalue weighted by Gasteiger charge is -2.54. The van der Waals surface area contributed by atoms with Crippen molar-refractivity contribution in [3.8, 4) is 0 Å². The summed E-state index contributed by atoms with van der Waals surface area (Å²) in [5.74, 6) is -3.41. The molecule has 3 aliphatic carbocycles. The lowest BCUT2D eigenvalue weighted by atomic mass is 9.54. The Labute approximate surface area is 224 Å². The number of amides is 3. The van der Waals surface area contributed by atoms with Crippen molar-refractivity contribution in [2.75, 3.05) is 11.9 Å². The minimum Gasteiger partial charge on any atom is -0.324 e. The fourth-order valence-corrected chi connectivity index (χ4v) is 7.32. The molecule has 4 aliphatic rings. The van der Waals surface area contributed by atoms with Crippen molar-refractivity contribution >= 4 is 74.1 Å². The number of alkyl halides is 2. The maximum absolute atomic E-state index is 13.7. The molecule has 1 fully saturated rings. The number of carbonyl (C=O) groups is 3. The Kier molecular flexibility index (Phi) is 5.14. The van der Waals surface area contributed by atoms with Gasteiger partial charge < -0.3 is 5.32 Å². The Morgan fingerprint density at radius 1 is 0.857 bits per heavy atom. The van der Waals surface area contributed by atoms with E-state index < -0.39 is 45.9 Å². The van der Waals surface area contributed by atoms with Gasteiger partial charge in [0.2, 0.25) is 17.7 Å². The van der Waals surface area contributed by atoms with Crippen LogP contribution in [0, 0.1) is 11.8 Å². The fraction of sp³-hybridized carbons (Fsp3) is 0.192. The van der Waals surface area contributed by atoms with Gasteiger partial charge in [-0.15, -0.1) is 23.2 Å². The van der Waals surface area contributed by atoms with Crippen LogP contribution >= 0.6 is 50.7 Å². The summed E-state index contributed by atoms with van der Waals surface area (Å²) < 4.78 is 0.681. The van der Waals surface area contributed by atoms with E-state index in [1.165, 1.54) is 0 Å². The molecule has 0 saturated carbocycles. The molecule has 1 heterocycles. The molecule has 1 saturated heterocycles. The van der Waals surface area contributed by atoms with Gasteiger partial charge in [0.25, 0.3) is 0 Å². The summed E-state index contributed by atoms with van der Waals surface area (Å²) in [5, 5.41) is 3.11. The molecule has 35 heavy (non-hydrogen) atoms. The van der Waals surface area contributed by atoms with Gasteiger partial charge in [0.1, 0.15) is 16.3 Å². The van der Waals surface area contributed by atoms with E-state index in [1.807, 2.05) is 48.5 Å². The number of hydrogen-bond donors (Lipinski definition) is 1. The second-order valence-electron chi connectivity index (χ2n) is 8.91. The predicted octanol–water partition coefficient (Wildman–Crippen LogP) is 5.63. The Balaban J connectivity index is 1.40. The number of likely N-dealkylation sites (tertiary alicyclic amines) is 1. The molecule has 0 unspecified atom stereocenters. The Morgan fingerprint density at radius 3 is 1.74 bits per heavy atom. The molecular weight excluding hydrogens is 575 g/mol. The first-order valence-electron chi connectivity index (χ1n) is 10.9. The van der Waals surface area contributed by atoms with Crippen molar-refractivity contribution in [1.82, 2.24) is 4.90 Å². The van der Waals surface area contributed by atoms with Crippen molar-refractivity contribution in [1.29, 1.82) is 0 Å². The molecule has 0 radical (unpaired) electrons. The van der Waals surface area contributed by atoms with Crippen molar-refractivity contribution in [2.24, 2.45) is 11.8 Å². The fourth-order valence-electron chi connectivity index (χ4n) is 5.80. The molecule has 1 aliphatic heterocycles. The number of nitrogens with one attached hydrogen (secondary N) is 1. The highest BCUT2D eigenvalue weighted by molar-refractivity contribution is 9.10. The minimum atomic E-state index is -1.27. The second-order valence-corrected chi connectivity index (χ2v) is 11.4. The molecule has 2 atom stereocenters. The number of nitrogens with zero attached hydrogens (tertiary/aromatic N) is 1. The van der Waals surface area contributed by atoms with Gasteiger partial charge in [-0.25, -0.2) is 0 Å². The summed E-state index contributed by atoms with van der Waals surface area (Å²) in [6, 6.07) is 19.7. The van der Waals surface area contributed by atoms with Gasteiger partial charge in [-0.1, -0.05) is 60.1 Å². The van der Waals surface area contributed by atoms with E-state index in [0.717, 1.165) is 4.90 Å². The summed E-state index contributed by atoms with van der Waals surface area (Å²) in [7, 11) is 0. The normalized spacial score (nSPS) is 27.9. The first-order chi connectivity index (χ1) is 16.7. The minimum absolute atomic E-state index is 0.419. The smallest absolute Gasteiger partial charge is 0.244 e. The molecule has 3 amide bonds. The van der Waals surface area contributed by atoms with Gasteiger partial charge in [0.15, 0.2) is 0 Å². The zero-order chi connectivity index (χ0) is 24.7. The van der Waals surface area contributed by atoms with E-state index in [4.69, 9.17) is 34.8 Å². The summed E-state index contributed by atoms with van der Waals surface area (Å²) >= 11 is 24.1. The first kappa shape index (κ1) is 23.0. The van der Waals surface area contributed by atoms with Crippen LogP contribution in [0.4, 0.5) is 5.69 Å². The third-order valence-corrected chi connectivity index (χ3v) is 9.70. The summed E-state index contributed by atoms with van der Waals surface area (Å²) in [6.45, 7) is -0.453. The van der Waals surface area contributed by atoms with Gasteiger partial charge in [-0.3, -0.25) is 19.3 Å². The summed E-state index contributed by atoms with van der Waals surface area (Å²) in [6.07, 6.45) is 0. The molecule has 0 spiro atoms. The van der Waals surface area contributed by atoms with E-state index >= 15 is 0 Å². The number of carbonyl (C=O) groups excluding carboxylic acids is 3. The van der Waals surface area contributed by atoms with Crippen molar-refractivity contribution in [3.05, 3.63) is 98.5 Å². The van der Waals surface area contributed by atoms with E-state index in [-0.39, 0.29) is 0 Å². The number of hydrogen-bond acceptors (Lipinski definition) is 3. The zero-order valence-corrected chi connectivity index (χ0v) is 21.8. The molecule has 3 aromatic carbocycles. The van der Waals surface area contributed by atoms with Crippen LogP contribution in [0.3, 0.4) is 0 Å². The molecular formula is C26H16BrCl3N2O3. The highest BCUT2D eigenvalue weighted by atomic mass is 79.9. The lowest BCUT2D eigenvalue weighted by molar-refractivity contribution is -0.142. The molecule has 7 rings (SSSR count). The van der Waals surface area contributed by atoms with Crippen LogP contribution < -0.4 is 5.32 Å². The van der Waals surface area contributed by atoms with Gasteiger partial charge >= 0.3 is 0 Å². The first-order valence-corrected chi connectivity index (χ1v) is 12.8. The maximum Gasteiger partial charge on any atom is 0.244 e. The number of anilines is 1. The van der Waals surface area contributed by atoms with E-state index in [2.05, 4.69) is 21.2 Å².